The zero-order chi connectivity index (χ0) is 65.6. The Labute approximate surface area is 619 Å². The molecule has 2 aliphatic rings. The maximum atomic E-state index is 6.69. The van der Waals surface area contributed by atoms with Gasteiger partial charge in [0.2, 0.25) is 0 Å². The molecule has 7 aromatic rings. The minimum Gasteiger partial charge on any atom is -0.368 e. The number of fused-ring (bicyclic) bond motifs is 8. The fraction of sp³-hybridized carbons (Fsp3) is 0.353. The molecule has 8 atom stereocenters. The molecule has 490 valence electrons. The summed E-state index contributed by atoms with van der Waals surface area (Å²) in [7, 11) is 0. The fourth-order valence-electron chi connectivity index (χ4n) is 11.2. The first-order valence-corrected chi connectivity index (χ1v) is 37.4. The Morgan fingerprint density at radius 1 is 0.250 bits per heavy atom. The van der Waals surface area contributed by atoms with E-state index in [0.29, 0.717) is 52.4 Å². The van der Waals surface area contributed by atoms with Crippen LogP contribution in [0.15, 0.2) is 121 Å². The van der Waals surface area contributed by atoms with Crippen LogP contribution in [0.25, 0.3) is 90.9 Å². The van der Waals surface area contributed by atoms with Crippen LogP contribution in [0.3, 0.4) is 0 Å². The molecule has 0 fully saturated rings. The normalized spacial score (nSPS) is 14.8. The second-order valence-corrected chi connectivity index (χ2v) is 29.7. The Bertz CT molecular complexity index is 3230. The monoisotopic (exact) mass is 1550 g/mol. The third kappa shape index (κ3) is 18.9. The van der Waals surface area contributed by atoms with Crippen LogP contribution >= 0.6 is 186 Å². The van der Waals surface area contributed by atoms with Gasteiger partial charge in [-0.25, -0.2) is 9.97 Å². The smallest absolute Gasteiger partial charge is 0.0737 e. The summed E-state index contributed by atoms with van der Waals surface area (Å²) in [6, 6.07) is 41.6. The fourth-order valence-corrected chi connectivity index (χ4v) is 13.3. The number of H-pyrrole nitrogens is 2. The number of hydrogen-bond acceptors (Lipinski definition) is 6. The summed E-state index contributed by atoms with van der Waals surface area (Å²) in [6.07, 6.45) is 8.25. The Morgan fingerprint density at radius 2 is 0.413 bits per heavy atom. The molecular weight excluding hydrogens is 1500 g/mol. The number of alkyl halides is 16. The van der Waals surface area contributed by atoms with Gasteiger partial charge >= 0.3 is 0 Å². The maximum Gasteiger partial charge on any atom is 0.0737 e. The van der Waals surface area contributed by atoms with E-state index in [-0.39, 0.29) is 90.1 Å². The first kappa shape index (κ1) is 73.6. The van der Waals surface area contributed by atoms with Gasteiger partial charge in [0.05, 0.1) is 65.8 Å². The van der Waals surface area contributed by atoms with Crippen molar-refractivity contribution < 1.29 is 0 Å². The second kappa shape index (κ2) is 35.7. The highest BCUT2D eigenvalue weighted by Gasteiger charge is 2.25. The molecule has 5 heterocycles. The van der Waals surface area contributed by atoms with Crippen molar-refractivity contribution in [1.29, 1.82) is 0 Å². The average molecular weight is 1560 g/mol. The molecule has 9 rings (SSSR count). The van der Waals surface area contributed by atoms with Gasteiger partial charge in [-0.05, 0) is 119 Å². The van der Waals surface area contributed by atoms with Crippen LogP contribution in [0.1, 0.15) is 22.8 Å². The molecular formula is C68H66Cl16N8. The first-order chi connectivity index (χ1) is 44.5. The predicted octanol–water partition coefficient (Wildman–Crippen LogP) is 21.3. The van der Waals surface area contributed by atoms with E-state index in [1.807, 2.05) is 0 Å². The standard InChI is InChI=1S/C68H66Cl16N8/c69-25-45(77)33-89(34-46(78)26-70)53-9-1-41(2-10-53)65-57-17-19-59(85-57)66(42-3-11-54(12-4-42)90(35-47(79)27-71)36-48(80)28-72)61-21-23-63(87-61)68(44-7-15-56(16-8-44)92(39-51(83)31-75)40-52(84)32-76)64-24-22-62(88-64)67(60-20-18-58(65)86-60)43-5-13-55(14-6-43)91(37-49(81)29-73)38-50(82)30-74/h1-24,45-52,85,88H,25-40H2. The molecule has 0 spiro atoms. The molecule has 0 aliphatic carbocycles. The van der Waals surface area contributed by atoms with Crippen LogP contribution in [0, 0.1) is 0 Å². The summed E-state index contributed by atoms with van der Waals surface area (Å²) >= 11 is 104. The SMILES string of the molecule is ClCC(Cl)CN(CC(Cl)CCl)c1ccc(-c2c3nc(c(-c4ccc(N(CC(Cl)CCl)CC(Cl)CCl)cc4)c4ccc([nH]4)c(-c4ccc(N(CC(Cl)CCl)CC(Cl)CCl)cc4)c4nc(c(-c5ccc(N(CC(Cl)CCl)CC(Cl)CCl)cc5)c5ccc2[nH]5)C=C4)C=C3)cc1. The Kier molecular flexibility index (Phi) is 28.6. The van der Waals surface area contributed by atoms with Crippen molar-refractivity contribution in [2.45, 2.75) is 43.0 Å². The summed E-state index contributed by atoms with van der Waals surface area (Å²) in [5, 5.41) is -2.64. The number of aromatic amines is 2. The zero-order valence-electron chi connectivity index (χ0n) is 49.5. The van der Waals surface area contributed by atoms with Crippen molar-refractivity contribution in [3.8, 4) is 44.5 Å². The summed E-state index contributed by atoms with van der Waals surface area (Å²) in [5.41, 5.74) is 16.7. The lowest BCUT2D eigenvalue weighted by atomic mass is 10.0. The van der Waals surface area contributed by atoms with Crippen molar-refractivity contribution in [2.75, 3.05) is 119 Å². The molecule has 0 amide bonds. The molecule has 2 aliphatic heterocycles. The molecule has 3 aromatic heterocycles. The van der Waals surface area contributed by atoms with E-state index in [1.54, 1.807) is 0 Å². The number of hydrogen-bond donors (Lipinski definition) is 2. The van der Waals surface area contributed by atoms with Crippen LogP contribution in [-0.2, 0) is 0 Å². The van der Waals surface area contributed by atoms with E-state index in [0.717, 1.165) is 112 Å². The Balaban J connectivity index is 1.34. The van der Waals surface area contributed by atoms with Crippen molar-refractivity contribution in [3.63, 3.8) is 0 Å². The number of halogens is 16. The van der Waals surface area contributed by atoms with E-state index >= 15 is 0 Å². The largest absolute Gasteiger partial charge is 0.368 e. The van der Waals surface area contributed by atoms with Gasteiger partial charge in [-0.3, -0.25) is 0 Å². The van der Waals surface area contributed by atoms with E-state index in [1.165, 1.54) is 0 Å². The third-order valence-electron chi connectivity index (χ3n) is 15.5. The second-order valence-electron chi connectivity index (χ2n) is 22.3. The van der Waals surface area contributed by atoms with Crippen LogP contribution in [-0.4, -0.2) is 162 Å². The highest BCUT2D eigenvalue weighted by molar-refractivity contribution is 6.31. The van der Waals surface area contributed by atoms with E-state index in [4.69, 9.17) is 196 Å². The maximum absolute atomic E-state index is 6.69. The first-order valence-electron chi connectivity index (χ1n) is 29.7. The number of aromatic nitrogens is 4. The van der Waals surface area contributed by atoms with Crippen molar-refractivity contribution in [2.24, 2.45) is 0 Å². The lowest BCUT2D eigenvalue weighted by Gasteiger charge is -2.28. The van der Waals surface area contributed by atoms with Gasteiger partial charge in [0, 0.05) is 166 Å². The van der Waals surface area contributed by atoms with E-state index in [2.05, 4.69) is 175 Å². The van der Waals surface area contributed by atoms with Gasteiger partial charge in [0.1, 0.15) is 0 Å². The van der Waals surface area contributed by atoms with Gasteiger partial charge < -0.3 is 29.6 Å². The number of nitrogens with one attached hydrogen (secondary N) is 2. The molecule has 8 nitrogen and oxygen atoms in total. The van der Waals surface area contributed by atoms with Crippen LogP contribution in [0.4, 0.5) is 22.7 Å². The van der Waals surface area contributed by atoms with Gasteiger partial charge in [0.15, 0.2) is 0 Å². The molecule has 4 aromatic carbocycles. The van der Waals surface area contributed by atoms with Gasteiger partial charge in [-0.1, -0.05) is 48.5 Å². The van der Waals surface area contributed by atoms with Crippen molar-refractivity contribution >= 4 is 255 Å². The topological polar surface area (TPSA) is 70.3 Å². The van der Waals surface area contributed by atoms with Crippen LogP contribution < -0.4 is 19.6 Å². The van der Waals surface area contributed by atoms with E-state index in [9.17, 15) is 0 Å². The molecule has 8 unspecified atom stereocenters. The van der Waals surface area contributed by atoms with Crippen LogP contribution in [0.5, 0.6) is 0 Å². The molecule has 24 heteroatoms. The van der Waals surface area contributed by atoms with Crippen LogP contribution in [0.2, 0.25) is 0 Å². The Morgan fingerprint density at radius 3 is 0.565 bits per heavy atom. The number of anilines is 4. The van der Waals surface area contributed by atoms with Gasteiger partial charge in [-0.15, -0.1) is 186 Å². The highest BCUT2D eigenvalue weighted by atomic mass is 35.5. The lowest BCUT2D eigenvalue weighted by Crippen LogP contribution is -2.36. The minimum atomic E-state index is -0.330. The summed E-state index contributed by atoms with van der Waals surface area (Å²) in [5.74, 6) is 2.10. The summed E-state index contributed by atoms with van der Waals surface area (Å²) in [6.45, 7) is 3.70. The lowest BCUT2D eigenvalue weighted by molar-refractivity contribution is 0.757. The highest BCUT2D eigenvalue weighted by Crippen LogP contribution is 2.41. The predicted molar refractivity (Wildman–Crippen MR) is 412 cm³/mol. The quantitative estimate of drug-likeness (QED) is 0.0410. The zero-order valence-corrected chi connectivity index (χ0v) is 61.6. The van der Waals surface area contributed by atoms with Gasteiger partial charge in [-0.2, -0.15) is 0 Å². The van der Waals surface area contributed by atoms with Crippen molar-refractivity contribution in [3.05, 3.63) is 144 Å². The molecule has 0 radical (unpaired) electrons. The number of rotatable bonds is 32. The molecule has 2 N–H and O–H groups in total. The number of nitrogens with zero attached hydrogens (tertiary/aromatic N) is 6. The third-order valence-corrected chi connectivity index (χ3v) is 22.1. The molecule has 8 bridgehead atoms. The molecule has 92 heavy (non-hydrogen) atoms. The van der Waals surface area contributed by atoms with Gasteiger partial charge in [0.25, 0.3) is 0 Å². The van der Waals surface area contributed by atoms with E-state index < -0.39 is 0 Å². The Hall–Kier alpha value is -2.68. The molecule has 0 saturated heterocycles. The summed E-state index contributed by atoms with van der Waals surface area (Å²) in [4.78, 5) is 27.4. The minimum absolute atomic E-state index is 0.263. The molecule has 0 saturated carbocycles. The average Bonchev–Trinajstić information content (AvgIpc) is 1.70. The van der Waals surface area contributed by atoms with Crippen molar-refractivity contribution in [1.82, 2.24) is 19.9 Å². The summed E-state index contributed by atoms with van der Waals surface area (Å²) < 4.78 is 0. The number of benzene rings is 4.